The van der Waals surface area contributed by atoms with Crippen molar-refractivity contribution in [1.29, 1.82) is 0 Å². The number of piperazine rings is 1. The lowest BCUT2D eigenvalue weighted by Crippen LogP contribution is -2.44. The highest BCUT2D eigenvalue weighted by molar-refractivity contribution is 5.94. The third-order valence-electron chi connectivity index (χ3n) is 7.72. The smallest absolute Gasteiger partial charge is 0.0799 e. The lowest BCUT2D eigenvalue weighted by atomic mass is 9.82. The van der Waals surface area contributed by atoms with Gasteiger partial charge in [-0.3, -0.25) is 9.88 Å². The summed E-state index contributed by atoms with van der Waals surface area (Å²) in [5, 5.41) is 1.24. The Bertz CT molecular complexity index is 1090. The number of anilines is 1. The zero-order chi connectivity index (χ0) is 22.2. The van der Waals surface area contributed by atoms with Crippen LogP contribution in [0.3, 0.4) is 0 Å². The van der Waals surface area contributed by atoms with E-state index in [9.17, 15) is 0 Å². The van der Waals surface area contributed by atoms with E-state index in [-0.39, 0.29) is 0 Å². The molecule has 3 fully saturated rings. The van der Waals surface area contributed by atoms with E-state index in [0.29, 0.717) is 5.92 Å². The fraction of sp³-hybridized carbons (Fsp3) is 0.519. The van der Waals surface area contributed by atoms with Gasteiger partial charge in [0.25, 0.3) is 0 Å². The molecule has 0 spiro atoms. The largest absolute Gasteiger partial charge is 0.379 e. The molecule has 6 heteroatoms. The maximum atomic E-state index is 5.53. The zero-order valence-corrected chi connectivity index (χ0v) is 19.7. The Morgan fingerprint density at radius 2 is 1.73 bits per heavy atom. The average Bonchev–Trinajstić information content (AvgIpc) is 3.21. The van der Waals surface area contributed by atoms with Gasteiger partial charge in [0, 0.05) is 85.3 Å². The summed E-state index contributed by atoms with van der Waals surface area (Å²) in [5.41, 5.74) is 7.43. The van der Waals surface area contributed by atoms with E-state index in [4.69, 9.17) is 9.72 Å². The van der Waals surface area contributed by atoms with Gasteiger partial charge < -0.3 is 19.5 Å². The Kier molecular flexibility index (Phi) is 5.82. The van der Waals surface area contributed by atoms with Crippen LogP contribution in [0.5, 0.6) is 0 Å². The third kappa shape index (κ3) is 4.39. The number of hydrogen-bond acceptors (Lipinski definition) is 5. The van der Waals surface area contributed by atoms with Crippen molar-refractivity contribution in [1.82, 2.24) is 19.8 Å². The van der Waals surface area contributed by atoms with E-state index >= 15 is 0 Å². The van der Waals surface area contributed by atoms with Gasteiger partial charge in [-0.05, 0) is 44.2 Å². The molecule has 6 nitrogen and oxygen atoms in total. The van der Waals surface area contributed by atoms with E-state index in [1.54, 1.807) is 0 Å². The summed E-state index contributed by atoms with van der Waals surface area (Å²) in [6.07, 6.45) is 3.86. The number of aromatic amines is 1. The Morgan fingerprint density at radius 3 is 2.42 bits per heavy atom. The van der Waals surface area contributed by atoms with Crippen molar-refractivity contribution in [3.63, 3.8) is 0 Å². The van der Waals surface area contributed by atoms with Crippen LogP contribution >= 0.6 is 0 Å². The summed E-state index contributed by atoms with van der Waals surface area (Å²) in [6.45, 7) is 9.06. The first-order valence-electron chi connectivity index (χ1n) is 12.6. The van der Waals surface area contributed by atoms with Crippen molar-refractivity contribution in [3.05, 3.63) is 47.8 Å². The van der Waals surface area contributed by atoms with Gasteiger partial charge in [0.2, 0.25) is 0 Å². The van der Waals surface area contributed by atoms with Gasteiger partial charge in [-0.1, -0.05) is 18.6 Å². The third-order valence-corrected chi connectivity index (χ3v) is 7.72. The molecule has 4 heterocycles. The second kappa shape index (κ2) is 9.09. The van der Waals surface area contributed by atoms with Crippen LogP contribution in [0.1, 0.15) is 36.6 Å². The number of ether oxygens (including phenoxy) is 1. The standard InChI is InChI=1S/C27H35N5O/c1-30-9-11-32(12-10-30)23-7-5-21(6-8-23)27-24-17-22(19-31-13-15-33-16-14-31)28-26(24)18-25(29-27)20-3-2-4-20/h5-8,17-18,20,28H,2-4,9-16,19H2,1H3. The molecule has 1 saturated carbocycles. The highest BCUT2D eigenvalue weighted by Crippen LogP contribution is 2.39. The summed E-state index contributed by atoms with van der Waals surface area (Å²) in [6, 6.07) is 13.7. The van der Waals surface area contributed by atoms with Gasteiger partial charge >= 0.3 is 0 Å². The molecule has 3 aliphatic rings. The predicted octanol–water partition coefficient (Wildman–Crippen LogP) is 4.08. The number of pyridine rings is 1. The topological polar surface area (TPSA) is 47.6 Å². The number of likely N-dealkylation sites (N-methyl/N-ethyl adjacent to an activating group) is 1. The van der Waals surface area contributed by atoms with E-state index in [0.717, 1.165) is 64.7 Å². The molecule has 0 amide bonds. The first-order valence-corrected chi connectivity index (χ1v) is 12.6. The molecule has 2 saturated heterocycles. The molecule has 0 atom stereocenters. The van der Waals surface area contributed by atoms with Crippen molar-refractivity contribution >= 4 is 16.6 Å². The zero-order valence-electron chi connectivity index (χ0n) is 19.7. The lowest BCUT2D eigenvalue weighted by molar-refractivity contribution is 0.0337. The molecule has 1 N–H and O–H groups in total. The molecule has 1 aromatic carbocycles. The van der Waals surface area contributed by atoms with Gasteiger partial charge in [-0.25, -0.2) is 0 Å². The summed E-state index contributed by atoms with van der Waals surface area (Å²) >= 11 is 0. The molecule has 2 aromatic heterocycles. The molecule has 33 heavy (non-hydrogen) atoms. The quantitative estimate of drug-likeness (QED) is 0.641. The Balaban J connectivity index is 1.32. The molecule has 174 valence electrons. The summed E-state index contributed by atoms with van der Waals surface area (Å²) < 4.78 is 5.53. The molecule has 1 aliphatic carbocycles. The number of morpholine rings is 1. The van der Waals surface area contributed by atoms with Crippen LogP contribution in [0.15, 0.2) is 36.4 Å². The number of H-pyrrole nitrogens is 1. The van der Waals surface area contributed by atoms with Crippen molar-refractivity contribution in [2.75, 3.05) is 64.4 Å². The Morgan fingerprint density at radius 1 is 0.970 bits per heavy atom. The monoisotopic (exact) mass is 445 g/mol. The highest BCUT2D eigenvalue weighted by Gasteiger charge is 2.24. The first-order chi connectivity index (χ1) is 16.2. The molecule has 2 aliphatic heterocycles. The number of aromatic nitrogens is 2. The predicted molar refractivity (Wildman–Crippen MR) is 134 cm³/mol. The van der Waals surface area contributed by atoms with Crippen LogP contribution < -0.4 is 4.90 Å². The molecule has 0 unspecified atom stereocenters. The van der Waals surface area contributed by atoms with E-state index in [1.165, 1.54) is 52.8 Å². The van der Waals surface area contributed by atoms with Gasteiger partial charge in [0.15, 0.2) is 0 Å². The van der Waals surface area contributed by atoms with Crippen molar-refractivity contribution in [2.45, 2.75) is 31.7 Å². The fourth-order valence-corrected chi connectivity index (χ4v) is 5.32. The van der Waals surface area contributed by atoms with Crippen molar-refractivity contribution in [3.8, 4) is 11.3 Å². The van der Waals surface area contributed by atoms with Crippen LogP contribution in [0.2, 0.25) is 0 Å². The van der Waals surface area contributed by atoms with Crippen molar-refractivity contribution in [2.24, 2.45) is 0 Å². The maximum absolute atomic E-state index is 5.53. The van der Waals surface area contributed by atoms with Crippen LogP contribution in [0.25, 0.3) is 22.2 Å². The molecule has 6 rings (SSSR count). The number of nitrogens with one attached hydrogen (secondary N) is 1. The Labute approximate surface area is 196 Å². The fourth-order valence-electron chi connectivity index (χ4n) is 5.32. The number of fused-ring (bicyclic) bond motifs is 1. The van der Waals surface area contributed by atoms with Gasteiger partial charge in [-0.15, -0.1) is 0 Å². The summed E-state index contributed by atoms with van der Waals surface area (Å²) in [4.78, 5) is 16.3. The molecular formula is C27H35N5O. The second-order valence-corrected chi connectivity index (χ2v) is 10.0. The number of rotatable bonds is 5. The molecule has 0 radical (unpaired) electrons. The van der Waals surface area contributed by atoms with Gasteiger partial charge in [0.1, 0.15) is 0 Å². The Hall–Kier alpha value is -2.41. The van der Waals surface area contributed by atoms with Gasteiger partial charge in [-0.2, -0.15) is 0 Å². The summed E-state index contributed by atoms with van der Waals surface area (Å²) in [7, 11) is 2.21. The highest BCUT2D eigenvalue weighted by atomic mass is 16.5. The van der Waals surface area contributed by atoms with E-state index < -0.39 is 0 Å². The van der Waals surface area contributed by atoms with Crippen LogP contribution in [0, 0.1) is 0 Å². The molecule has 3 aromatic rings. The molecular weight excluding hydrogens is 410 g/mol. The minimum atomic E-state index is 0.615. The number of hydrogen-bond donors (Lipinski definition) is 1. The minimum Gasteiger partial charge on any atom is -0.379 e. The second-order valence-electron chi connectivity index (χ2n) is 10.0. The van der Waals surface area contributed by atoms with E-state index in [1.807, 2.05) is 0 Å². The van der Waals surface area contributed by atoms with E-state index in [2.05, 4.69) is 63.1 Å². The van der Waals surface area contributed by atoms with Crippen molar-refractivity contribution < 1.29 is 4.74 Å². The van der Waals surface area contributed by atoms with Gasteiger partial charge in [0.05, 0.1) is 18.9 Å². The maximum Gasteiger partial charge on any atom is 0.0799 e. The lowest BCUT2D eigenvalue weighted by Gasteiger charge is -2.34. The van der Waals surface area contributed by atoms with Crippen LogP contribution in [0.4, 0.5) is 5.69 Å². The number of benzene rings is 1. The number of nitrogens with zero attached hydrogens (tertiary/aromatic N) is 4. The SMILES string of the molecule is CN1CCN(c2ccc(-c3nc(C4CCC4)cc4[nH]c(CN5CCOCC5)cc34)cc2)CC1. The first kappa shape index (κ1) is 21.1. The molecule has 0 bridgehead atoms. The summed E-state index contributed by atoms with van der Waals surface area (Å²) in [5.74, 6) is 0.615. The van der Waals surface area contributed by atoms with Crippen LogP contribution in [-0.4, -0.2) is 79.3 Å². The van der Waals surface area contributed by atoms with Crippen LogP contribution in [-0.2, 0) is 11.3 Å². The minimum absolute atomic E-state index is 0.615. The normalized spacial score (nSPS) is 20.9. The average molecular weight is 446 g/mol.